The fourth-order valence-electron chi connectivity index (χ4n) is 8.08. The maximum absolute atomic E-state index is 14.2. The van der Waals surface area contributed by atoms with Crippen LogP contribution in [-0.2, 0) is 33.3 Å². The number of aliphatic hydroxyl groups is 2. The SMILES string of the molecule is C=C[C@@]1(C)CC(=O)[C@]2(O)[C@@]3(C)[C@@H](OC(=O)CNC(C)(C)C)CCC(C)(C)[C@@H]3[C@H](OC(=O)C3CCCO3)[C@H](O)[C@@]2(C)O1. The summed E-state index contributed by atoms with van der Waals surface area (Å²) in [7, 11) is 0. The summed E-state index contributed by atoms with van der Waals surface area (Å²) in [5, 5.41) is 27.9. The van der Waals surface area contributed by atoms with E-state index in [0.717, 1.165) is 0 Å². The van der Waals surface area contributed by atoms with Gasteiger partial charge in [0.15, 0.2) is 17.5 Å². The van der Waals surface area contributed by atoms with Gasteiger partial charge in [-0.1, -0.05) is 26.8 Å². The molecule has 3 N–H and O–H groups in total. The lowest BCUT2D eigenvalue weighted by atomic mass is 9.39. The molecular weight excluding hydrogens is 530 g/mol. The van der Waals surface area contributed by atoms with Gasteiger partial charge in [-0.3, -0.25) is 9.59 Å². The number of Topliss-reactive ketones (excluding diaryl/α,β-unsaturated/α-hetero) is 1. The van der Waals surface area contributed by atoms with Crippen LogP contribution in [0.15, 0.2) is 12.7 Å². The molecule has 0 bridgehead atoms. The lowest BCUT2D eigenvalue weighted by Crippen LogP contribution is -2.86. The van der Waals surface area contributed by atoms with E-state index in [4.69, 9.17) is 18.9 Å². The van der Waals surface area contributed by atoms with Crippen molar-refractivity contribution >= 4 is 17.7 Å². The van der Waals surface area contributed by atoms with Crippen molar-refractivity contribution < 1.29 is 43.5 Å². The molecule has 10 heteroatoms. The smallest absolute Gasteiger partial charge is 0.335 e. The molecule has 0 amide bonds. The number of carbonyl (C=O) groups is 3. The molecule has 2 heterocycles. The zero-order chi connectivity index (χ0) is 30.8. The third kappa shape index (κ3) is 5.07. The van der Waals surface area contributed by atoms with Crippen molar-refractivity contribution in [2.45, 2.75) is 134 Å². The van der Waals surface area contributed by atoms with E-state index in [9.17, 15) is 24.6 Å². The molecular formula is C31H49NO9. The molecule has 2 aliphatic carbocycles. The van der Waals surface area contributed by atoms with Crippen LogP contribution in [0.5, 0.6) is 0 Å². The zero-order valence-electron chi connectivity index (χ0n) is 25.9. The third-order valence-corrected chi connectivity index (χ3v) is 10.2. The normalized spacial score (nSPS) is 44.0. The van der Waals surface area contributed by atoms with Crippen molar-refractivity contribution in [2.75, 3.05) is 13.2 Å². The molecule has 232 valence electrons. The average Bonchev–Trinajstić information content (AvgIpc) is 3.40. The minimum Gasteiger partial charge on any atom is -0.461 e. The summed E-state index contributed by atoms with van der Waals surface area (Å²) in [6.45, 7) is 18.8. The number of ether oxygens (including phenoxy) is 4. The summed E-state index contributed by atoms with van der Waals surface area (Å²) in [5.74, 6) is -2.47. The average molecular weight is 580 g/mol. The number of nitrogens with one attached hydrogen (secondary N) is 1. The van der Waals surface area contributed by atoms with Crippen molar-refractivity contribution in [1.29, 1.82) is 0 Å². The molecule has 4 rings (SSSR count). The van der Waals surface area contributed by atoms with Gasteiger partial charge in [0.25, 0.3) is 0 Å². The summed E-state index contributed by atoms with van der Waals surface area (Å²) in [4.78, 5) is 40.7. The second-order valence-electron chi connectivity index (χ2n) is 14.8. The highest BCUT2D eigenvalue weighted by atomic mass is 16.6. The molecule has 0 aromatic heterocycles. The van der Waals surface area contributed by atoms with E-state index in [1.807, 2.05) is 34.6 Å². The van der Waals surface area contributed by atoms with Gasteiger partial charge in [-0.15, -0.1) is 6.58 Å². The summed E-state index contributed by atoms with van der Waals surface area (Å²) < 4.78 is 24.2. The highest BCUT2D eigenvalue weighted by molar-refractivity contribution is 5.92. The number of carbonyl (C=O) groups excluding carboxylic acids is 3. The fourth-order valence-corrected chi connectivity index (χ4v) is 8.08. The Labute approximate surface area is 243 Å². The molecule has 4 fully saturated rings. The number of aliphatic hydroxyl groups excluding tert-OH is 1. The molecule has 1 unspecified atom stereocenters. The summed E-state index contributed by atoms with van der Waals surface area (Å²) in [6, 6.07) is 0. The monoisotopic (exact) mass is 579 g/mol. The highest BCUT2D eigenvalue weighted by Gasteiger charge is 2.82. The molecule has 0 aromatic rings. The number of fused-ring (bicyclic) bond motifs is 3. The van der Waals surface area contributed by atoms with Gasteiger partial charge in [-0.05, 0) is 65.7 Å². The molecule has 9 atom stereocenters. The quantitative estimate of drug-likeness (QED) is 0.318. The van der Waals surface area contributed by atoms with E-state index < -0.39 is 75.7 Å². The van der Waals surface area contributed by atoms with Gasteiger partial charge in [0.2, 0.25) is 0 Å². The van der Waals surface area contributed by atoms with Gasteiger partial charge >= 0.3 is 11.9 Å². The lowest BCUT2D eigenvalue weighted by Gasteiger charge is -2.71. The van der Waals surface area contributed by atoms with E-state index in [2.05, 4.69) is 11.9 Å². The van der Waals surface area contributed by atoms with Crippen molar-refractivity contribution in [3.63, 3.8) is 0 Å². The molecule has 0 spiro atoms. The first-order valence-corrected chi connectivity index (χ1v) is 14.8. The Balaban J connectivity index is 1.85. The highest BCUT2D eigenvalue weighted by Crippen LogP contribution is 2.67. The second-order valence-corrected chi connectivity index (χ2v) is 14.8. The van der Waals surface area contributed by atoms with Crippen molar-refractivity contribution in [3.05, 3.63) is 12.7 Å². The van der Waals surface area contributed by atoms with Gasteiger partial charge in [-0.25, -0.2) is 4.79 Å². The Morgan fingerprint density at radius 3 is 2.37 bits per heavy atom. The number of hydrogen-bond donors (Lipinski definition) is 3. The van der Waals surface area contributed by atoms with E-state index in [1.54, 1.807) is 13.8 Å². The Kier molecular flexibility index (Phi) is 8.14. The summed E-state index contributed by atoms with van der Waals surface area (Å²) in [6.07, 6.45) is -1.09. The molecule has 4 aliphatic rings. The lowest BCUT2D eigenvalue weighted by molar-refractivity contribution is -0.371. The van der Waals surface area contributed by atoms with Crippen LogP contribution in [0, 0.1) is 16.7 Å². The largest absolute Gasteiger partial charge is 0.461 e. The summed E-state index contributed by atoms with van der Waals surface area (Å²) >= 11 is 0. The molecule has 2 saturated heterocycles. The van der Waals surface area contributed by atoms with Crippen molar-refractivity contribution in [3.8, 4) is 0 Å². The molecule has 2 aliphatic heterocycles. The maximum Gasteiger partial charge on any atom is 0.335 e. The minimum absolute atomic E-state index is 0.0706. The predicted molar refractivity (Wildman–Crippen MR) is 150 cm³/mol. The third-order valence-electron chi connectivity index (χ3n) is 10.2. The predicted octanol–water partition coefficient (Wildman–Crippen LogP) is 2.62. The van der Waals surface area contributed by atoms with E-state index in [0.29, 0.717) is 32.3 Å². The first-order chi connectivity index (χ1) is 18.8. The van der Waals surface area contributed by atoms with Crippen LogP contribution in [0.4, 0.5) is 0 Å². The van der Waals surface area contributed by atoms with Crippen LogP contribution in [0.1, 0.15) is 87.5 Å². The Bertz CT molecular complexity index is 1080. The first-order valence-electron chi connectivity index (χ1n) is 14.8. The first kappa shape index (κ1) is 32.1. The van der Waals surface area contributed by atoms with E-state index in [-0.39, 0.29) is 18.5 Å². The van der Waals surface area contributed by atoms with Crippen LogP contribution in [0.3, 0.4) is 0 Å². The van der Waals surface area contributed by atoms with Gasteiger partial charge in [-0.2, -0.15) is 0 Å². The number of esters is 2. The van der Waals surface area contributed by atoms with Crippen LogP contribution < -0.4 is 5.32 Å². The van der Waals surface area contributed by atoms with Crippen molar-refractivity contribution in [1.82, 2.24) is 5.32 Å². The van der Waals surface area contributed by atoms with Gasteiger partial charge in [0.1, 0.15) is 23.9 Å². The van der Waals surface area contributed by atoms with Gasteiger partial charge in [0, 0.05) is 24.5 Å². The van der Waals surface area contributed by atoms with Gasteiger partial charge in [0.05, 0.1) is 17.6 Å². The van der Waals surface area contributed by atoms with Crippen LogP contribution >= 0.6 is 0 Å². The standard InChI is InChI=1S/C31H49NO9/c1-10-28(7)16-19(33)31(37)29(8)20(39-21(34)17-32-26(2,3)4)13-14-27(5,6)23(29)22(24(35)30(31,9)41-28)40-25(36)18-12-11-15-38-18/h10,18,20,22-24,32,35,37H,1,11-17H2,2-9H3/t18?,20-,22-,23-,24-,28-,29-,30+,31-/m0/s1. The second kappa shape index (κ2) is 10.4. The summed E-state index contributed by atoms with van der Waals surface area (Å²) in [5.41, 5.74) is -7.89. The fraction of sp³-hybridized carbons (Fsp3) is 0.839. The number of ketones is 1. The van der Waals surface area contributed by atoms with E-state index in [1.165, 1.54) is 13.0 Å². The van der Waals surface area contributed by atoms with Crippen LogP contribution in [0.2, 0.25) is 0 Å². The van der Waals surface area contributed by atoms with Gasteiger partial charge < -0.3 is 34.5 Å². The van der Waals surface area contributed by atoms with E-state index >= 15 is 0 Å². The molecule has 0 aromatic carbocycles. The Hall–Kier alpha value is -1.85. The van der Waals surface area contributed by atoms with Crippen LogP contribution in [0.25, 0.3) is 0 Å². The topological polar surface area (TPSA) is 141 Å². The molecule has 10 nitrogen and oxygen atoms in total. The maximum atomic E-state index is 14.2. The molecule has 41 heavy (non-hydrogen) atoms. The number of rotatable bonds is 6. The van der Waals surface area contributed by atoms with Crippen LogP contribution in [-0.4, -0.2) is 87.8 Å². The zero-order valence-corrected chi connectivity index (χ0v) is 25.9. The molecule has 0 radical (unpaired) electrons. The Morgan fingerprint density at radius 2 is 1.80 bits per heavy atom. The minimum atomic E-state index is -2.29. The Morgan fingerprint density at radius 1 is 1.15 bits per heavy atom. The van der Waals surface area contributed by atoms with Crippen molar-refractivity contribution in [2.24, 2.45) is 16.7 Å². The molecule has 2 saturated carbocycles. The number of hydrogen-bond acceptors (Lipinski definition) is 10.